The molecule has 0 heterocycles. The van der Waals surface area contributed by atoms with Gasteiger partial charge >= 0.3 is 0 Å². The van der Waals surface area contributed by atoms with Crippen LogP contribution in [0.4, 0.5) is 0 Å². The Labute approximate surface area is 127 Å². The highest BCUT2D eigenvalue weighted by Gasteiger charge is 2.08. The van der Waals surface area contributed by atoms with Crippen LogP contribution in [0.15, 0.2) is 54.6 Å². The molecule has 0 aliphatic rings. The minimum absolute atomic E-state index is 0.249. The van der Waals surface area contributed by atoms with Gasteiger partial charge in [-0.25, -0.2) is 0 Å². The summed E-state index contributed by atoms with van der Waals surface area (Å²) >= 11 is 0. The van der Waals surface area contributed by atoms with Gasteiger partial charge in [-0.05, 0) is 30.0 Å². The van der Waals surface area contributed by atoms with Crippen molar-refractivity contribution in [2.24, 2.45) is 0 Å². The van der Waals surface area contributed by atoms with E-state index in [1.807, 2.05) is 6.07 Å². The second-order valence-corrected chi connectivity index (χ2v) is 5.56. The van der Waals surface area contributed by atoms with E-state index >= 15 is 0 Å². The number of rotatable bonds is 7. The standard InChI is InChI=1S/C19H25NO/c1-3-7-19(21)14-20-15(2)16-10-12-18(13-11-16)17-8-5-4-6-9-17/h4-6,8-13,15,19-21H,3,7,14H2,1-2H3. The van der Waals surface area contributed by atoms with Crippen LogP contribution in [0.2, 0.25) is 0 Å². The quantitative estimate of drug-likeness (QED) is 0.799. The van der Waals surface area contributed by atoms with Crippen LogP contribution in [0.5, 0.6) is 0 Å². The lowest BCUT2D eigenvalue weighted by Gasteiger charge is -2.17. The molecule has 2 nitrogen and oxygen atoms in total. The average molecular weight is 283 g/mol. The van der Waals surface area contributed by atoms with Gasteiger partial charge in [-0.3, -0.25) is 0 Å². The van der Waals surface area contributed by atoms with Crippen molar-refractivity contribution in [3.05, 3.63) is 60.2 Å². The van der Waals surface area contributed by atoms with Crippen molar-refractivity contribution in [1.82, 2.24) is 5.32 Å². The molecule has 2 atom stereocenters. The Morgan fingerprint density at radius 1 is 0.952 bits per heavy atom. The minimum Gasteiger partial charge on any atom is -0.392 e. The summed E-state index contributed by atoms with van der Waals surface area (Å²) in [4.78, 5) is 0. The Balaban J connectivity index is 1.95. The van der Waals surface area contributed by atoms with E-state index in [0.29, 0.717) is 6.54 Å². The monoisotopic (exact) mass is 283 g/mol. The van der Waals surface area contributed by atoms with Crippen molar-refractivity contribution >= 4 is 0 Å². The smallest absolute Gasteiger partial charge is 0.0664 e. The molecule has 0 saturated carbocycles. The van der Waals surface area contributed by atoms with Gasteiger partial charge in [-0.2, -0.15) is 0 Å². The maximum atomic E-state index is 9.78. The molecular weight excluding hydrogens is 258 g/mol. The first-order chi connectivity index (χ1) is 10.2. The van der Waals surface area contributed by atoms with E-state index in [1.54, 1.807) is 0 Å². The van der Waals surface area contributed by atoms with Gasteiger partial charge in [-0.15, -0.1) is 0 Å². The Bertz CT molecular complexity index is 521. The molecule has 2 aromatic rings. The van der Waals surface area contributed by atoms with E-state index in [2.05, 4.69) is 67.7 Å². The van der Waals surface area contributed by atoms with Gasteiger partial charge in [0.15, 0.2) is 0 Å². The van der Waals surface area contributed by atoms with Crippen molar-refractivity contribution in [1.29, 1.82) is 0 Å². The molecule has 0 aliphatic heterocycles. The number of benzene rings is 2. The van der Waals surface area contributed by atoms with Gasteiger partial charge in [0.1, 0.15) is 0 Å². The molecule has 0 spiro atoms. The number of hydrogen-bond acceptors (Lipinski definition) is 2. The van der Waals surface area contributed by atoms with Crippen LogP contribution in [0, 0.1) is 0 Å². The van der Waals surface area contributed by atoms with Crippen LogP contribution in [0.1, 0.15) is 38.3 Å². The molecular formula is C19H25NO. The third kappa shape index (κ3) is 4.69. The van der Waals surface area contributed by atoms with Crippen LogP contribution >= 0.6 is 0 Å². The van der Waals surface area contributed by atoms with Crippen molar-refractivity contribution < 1.29 is 5.11 Å². The Morgan fingerprint density at radius 3 is 2.19 bits per heavy atom. The fourth-order valence-electron chi connectivity index (χ4n) is 2.46. The second kappa shape index (κ2) is 7.96. The van der Waals surface area contributed by atoms with Crippen LogP contribution in [0.3, 0.4) is 0 Å². The summed E-state index contributed by atoms with van der Waals surface area (Å²) in [6, 6.07) is 19.3. The Morgan fingerprint density at radius 2 is 1.57 bits per heavy atom. The normalized spacial score (nSPS) is 13.9. The molecule has 0 aliphatic carbocycles. The Hall–Kier alpha value is -1.64. The first-order valence-corrected chi connectivity index (χ1v) is 7.77. The van der Waals surface area contributed by atoms with E-state index in [-0.39, 0.29) is 12.1 Å². The summed E-state index contributed by atoms with van der Waals surface area (Å²) in [5.74, 6) is 0. The largest absolute Gasteiger partial charge is 0.392 e. The maximum Gasteiger partial charge on any atom is 0.0664 e. The molecule has 0 aromatic heterocycles. The summed E-state index contributed by atoms with van der Waals surface area (Å²) in [5.41, 5.74) is 3.72. The molecule has 0 bridgehead atoms. The van der Waals surface area contributed by atoms with E-state index in [9.17, 15) is 5.11 Å². The van der Waals surface area contributed by atoms with Gasteiger partial charge in [0.2, 0.25) is 0 Å². The van der Waals surface area contributed by atoms with Crippen molar-refractivity contribution in [2.75, 3.05) is 6.54 Å². The van der Waals surface area contributed by atoms with E-state index in [1.165, 1.54) is 16.7 Å². The highest BCUT2D eigenvalue weighted by atomic mass is 16.3. The highest BCUT2D eigenvalue weighted by molar-refractivity contribution is 5.63. The molecule has 0 radical (unpaired) electrons. The van der Waals surface area contributed by atoms with Crippen molar-refractivity contribution in [3.8, 4) is 11.1 Å². The Kier molecular flexibility index (Phi) is 5.97. The predicted molar refractivity (Wildman–Crippen MR) is 89.2 cm³/mol. The zero-order valence-corrected chi connectivity index (χ0v) is 12.9. The molecule has 2 N–H and O–H groups in total. The molecule has 112 valence electrons. The van der Waals surface area contributed by atoms with Crippen LogP contribution in [-0.2, 0) is 0 Å². The van der Waals surface area contributed by atoms with Gasteiger partial charge in [-0.1, -0.05) is 67.9 Å². The lowest BCUT2D eigenvalue weighted by molar-refractivity contribution is 0.157. The fourth-order valence-corrected chi connectivity index (χ4v) is 2.46. The minimum atomic E-state index is -0.249. The molecule has 21 heavy (non-hydrogen) atoms. The fraction of sp³-hybridized carbons (Fsp3) is 0.368. The number of hydrogen-bond donors (Lipinski definition) is 2. The van der Waals surface area contributed by atoms with Gasteiger partial charge < -0.3 is 10.4 Å². The summed E-state index contributed by atoms with van der Waals surface area (Å²) in [5, 5.41) is 13.2. The zero-order valence-electron chi connectivity index (χ0n) is 12.9. The first kappa shape index (κ1) is 15.7. The summed E-state index contributed by atoms with van der Waals surface area (Å²) in [6.07, 6.45) is 1.62. The zero-order chi connectivity index (χ0) is 15.1. The van der Waals surface area contributed by atoms with Crippen molar-refractivity contribution in [3.63, 3.8) is 0 Å². The lowest BCUT2D eigenvalue weighted by Crippen LogP contribution is -2.28. The summed E-state index contributed by atoms with van der Waals surface area (Å²) in [7, 11) is 0. The van der Waals surface area contributed by atoms with Gasteiger partial charge in [0.25, 0.3) is 0 Å². The third-order valence-corrected chi connectivity index (χ3v) is 3.80. The summed E-state index contributed by atoms with van der Waals surface area (Å²) in [6.45, 7) is 4.88. The van der Waals surface area contributed by atoms with E-state index in [4.69, 9.17) is 0 Å². The number of nitrogens with one attached hydrogen (secondary N) is 1. The molecule has 0 saturated heterocycles. The molecule has 2 unspecified atom stereocenters. The van der Waals surface area contributed by atoms with Crippen molar-refractivity contribution in [2.45, 2.75) is 38.8 Å². The van der Waals surface area contributed by atoms with E-state index < -0.39 is 0 Å². The van der Waals surface area contributed by atoms with Crippen LogP contribution in [0.25, 0.3) is 11.1 Å². The second-order valence-electron chi connectivity index (χ2n) is 5.56. The summed E-state index contributed by atoms with van der Waals surface area (Å²) < 4.78 is 0. The lowest BCUT2D eigenvalue weighted by atomic mass is 10.0. The molecule has 2 aromatic carbocycles. The van der Waals surface area contributed by atoms with Crippen LogP contribution < -0.4 is 5.32 Å². The number of aliphatic hydroxyl groups is 1. The first-order valence-electron chi connectivity index (χ1n) is 7.77. The highest BCUT2D eigenvalue weighted by Crippen LogP contribution is 2.21. The SMILES string of the molecule is CCCC(O)CNC(C)c1ccc(-c2ccccc2)cc1. The van der Waals surface area contributed by atoms with E-state index in [0.717, 1.165) is 12.8 Å². The molecule has 0 amide bonds. The number of aliphatic hydroxyl groups excluding tert-OH is 1. The maximum absolute atomic E-state index is 9.78. The topological polar surface area (TPSA) is 32.3 Å². The van der Waals surface area contributed by atoms with Crippen LogP contribution in [-0.4, -0.2) is 17.8 Å². The average Bonchev–Trinajstić information content (AvgIpc) is 2.54. The molecule has 2 heteroatoms. The van der Waals surface area contributed by atoms with Gasteiger partial charge in [0.05, 0.1) is 6.10 Å². The van der Waals surface area contributed by atoms with Gasteiger partial charge in [0, 0.05) is 12.6 Å². The third-order valence-electron chi connectivity index (χ3n) is 3.80. The predicted octanol–water partition coefficient (Wildman–Crippen LogP) is 4.17. The molecule has 2 rings (SSSR count). The molecule has 0 fully saturated rings.